The van der Waals surface area contributed by atoms with E-state index in [1.807, 2.05) is 13.0 Å². The van der Waals surface area contributed by atoms with Crippen LogP contribution in [0.1, 0.15) is 23.8 Å². The summed E-state index contributed by atoms with van der Waals surface area (Å²) in [6, 6.07) is 5.81. The quantitative estimate of drug-likeness (QED) is 0.845. The van der Waals surface area contributed by atoms with Crippen molar-refractivity contribution in [1.29, 1.82) is 5.26 Å². The van der Waals surface area contributed by atoms with E-state index in [0.717, 1.165) is 24.0 Å². The molecule has 1 aliphatic rings. The molecule has 2 heterocycles. The molecule has 1 aromatic rings. The third kappa shape index (κ3) is 3.35. The number of hydrogen-bond acceptors (Lipinski definition) is 4. The van der Waals surface area contributed by atoms with Gasteiger partial charge in [0.05, 0.1) is 12.1 Å². The standard InChI is InChI=1S/C14H17BrN4O/c1-2-12(9-16)18-5-7-19(8-6-18)14(20)13-4-3-11(15)10-17-13/h3-4,10,12H,2,5-8H2,1H3. The number of pyridine rings is 1. The fourth-order valence-corrected chi connectivity index (χ4v) is 2.57. The number of rotatable bonds is 3. The minimum Gasteiger partial charge on any atom is -0.335 e. The lowest BCUT2D eigenvalue weighted by atomic mass is 10.1. The van der Waals surface area contributed by atoms with Gasteiger partial charge < -0.3 is 4.90 Å². The molecular weight excluding hydrogens is 320 g/mol. The molecule has 20 heavy (non-hydrogen) atoms. The number of hydrogen-bond donors (Lipinski definition) is 0. The van der Waals surface area contributed by atoms with Crippen LogP contribution in [0.3, 0.4) is 0 Å². The lowest BCUT2D eigenvalue weighted by Crippen LogP contribution is -2.51. The number of nitrogens with zero attached hydrogens (tertiary/aromatic N) is 4. The van der Waals surface area contributed by atoms with Crippen molar-refractivity contribution < 1.29 is 4.79 Å². The van der Waals surface area contributed by atoms with Crippen LogP contribution in [0.25, 0.3) is 0 Å². The van der Waals surface area contributed by atoms with Gasteiger partial charge in [-0.3, -0.25) is 9.69 Å². The summed E-state index contributed by atoms with van der Waals surface area (Å²) >= 11 is 3.31. The van der Waals surface area contributed by atoms with Crippen molar-refractivity contribution in [2.45, 2.75) is 19.4 Å². The van der Waals surface area contributed by atoms with Crippen molar-refractivity contribution in [2.24, 2.45) is 0 Å². The van der Waals surface area contributed by atoms with Gasteiger partial charge in [-0.25, -0.2) is 4.98 Å². The number of halogens is 1. The molecule has 1 unspecified atom stereocenters. The number of nitriles is 1. The van der Waals surface area contributed by atoms with Gasteiger partial charge in [0.25, 0.3) is 5.91 Å². The third-order valence-corrected chi connectivity index (χ3v) is 3.99. The molecule has 1 amide bonds. The minimum atomic E-state index is -0.0435. The molecule has 2 rings (SSSR count). The van der Waals surface area contributed by atoms with Crippen molar-refractivity contribution in [3.63, 3.8) is 0 Å². The molecule has 0 spiro atoms. The molecule has 106 valence electrons. The Bertz CT molecular complexity index is 503. The first-order valence-electron chi connectivity index (χ1n) is 6.70. The van der Waals surface area contributed by atoms with E-state index >= 15 is 0 Å². The summed E-state index contributed by atoms with van der Waals surface area (Å²) in [5, 5.41) is 9.07. The van der Waals surface area contributed by atoms with Crippen LogP contribution in [0.2, 0.25) is 0 Å². The SMILES string of the molecule is CCC(C#N)N1CCN(C(=O)c2ccc(Br)cn2)CC1. The molecule has 1 atom stereocenters. The van der Waals surface area contributed by atoms with Gasteiger partial charge in [0.2, 0.25) is 0 Å². The third-order valence-electron chi connectivity index (χ3n) is 3.52. The van der Waals surface area contributed by atoms with Crippen LogP contribution >= 0.6 is 15.9 Å². The summed E-state index contributed by atoms with van der Waals surface area (Å²) in [5.41, 5.74) is 0.467. The van der Waals surface area contributed by atoms with Gasteiger partial charge >= 0.3 is 0 Å². The minimum absolute atomic E-state index is 0.0397. The molecule has 6 heteroatoms. The highest BCUT2D eigenvalue weighted by atomic mass is 79.9. The van der Waals surface area contributed by atoms with Gasteiger partial charge in [-0.05, 0) is 34.5 Å². The summed E-state index contributed by atoms with van der Waals surface area (Å²) in [7, 11) is 0. The first kappa shape index (κ1) is 14.9. The fraction of sp³-hybridized carbons (Fsp3) is 0.500. The largest absolute Gasteiger partial charge is 0.335 e. The van der Waals surface area contributed by atoms with Gasteiger partial charge in [0.15, 0.2) is 0 Å². The molecule has 0 aromatic carbocycles. The Balaban J connectivity index is 1.95. The number of amides is 1. The molecular formula is C14H17BrN4O. The van der Waals surface area contributed by atoms with Gasteiger partial charge in [0, 0.05) is 36.8 Å². The average Bonchev–Trinajstić information content (AvgIpc) is 2.49. The second-order valence-corrected chi connectivity index (χ2v) is 5.66. The molecule has 0 aliphatic carbocycles. The molecule has 1 fully saturated rings. The summed E-state index contributed by atoms with van der Waals surface area (Å²) < 4.78 is 0.860. The molecule has 0 saturated carbocycles. The van der Waals surface area contributed by atoms with Crippen LogP contribution < -0.4 is 0 Å². The van der Waals surface area contributed by atoms with E-state index in [4.69, 9.17) is 5.26 Å². The van der Waals surface area contributed by atoms with E-state index in [2.05, 4.69) is 31.9 Å². The normalized spacial score (nSPS) is 17.6. The zero-order valence-electron chi connectivity index (χ0n) is 11.4. The summed E-state index contributed by atoms with van der Waals surface area (Å²) in [4.78, 5) is 20.4. The zero-order chi connectivity index (χ0) is 14.5. The van der Waals surface area contributed by atoms with Crippen LogP contribution in [0, 0.1) is 11.3 Å². The Labute approximate surface area is 127 Å². The van der Waals surface area contributed by atoms with Crippen LogP contribution in [-0.4, -0.2) is 52.9 Å². The Morgan fingerprint density at radius 3 is 2.65 bits per heavy atom. The van der Waals surface area contributed by atoms with Crippen LogP contribution in [0.4, 0.5) is 0 Å². The molecule has 0 N–H and O–H groups in total. The van der Waals surface area contributed by atoms with E-state index in [0.29, 0.717) is 18.8 Å². The first-order chi connectivity index (χ1) is 9.65. The highest BCUT2D eigenvalue weighted by Gasteiger charge is 2.26. The van der Waals surface area contributed by atoms with Crippen molar-refractivity contribution in [3.8, 4) is 6.07 Å². The van der Waals surface area contributed by atoms with Crippen molar-refractivity contribution in [3.05, 3.63) is 28.5 Å². The van der Waals surface area contributed by atoms with Crippen LogP contribution in [0.5, 0.6) is 0 Å². The lowest BCUT2D eigenvalue weighted by molar-refractivity contribution is 0.0599. The van der Waals surface area contributed by atoms with Crippen molar-refractivity contribution >= 4 is 21.8 Å². The first-order valence-corrected chi connectivity index (χ1v) is 7.49. The van der Waals surface area contributed by atoms with E-state index in [-0.39, 0.29) is 11.9 Å². The smallest absolute Gasteiger partial charge is 0.272 e. The zero-order valence-corrected chi connectivity index (χ0v) is 13.0. The van der Waals surface area contributed by atoms with E-state index in [1.54, 1.807) is 17.2 Å². The average molecular weight is 337 g/mol. The predicted molar refractivity (Wildman–Crippen MR) is 79.1 cm³/mol. The fourth-order valence-electron chi connectivity index (χ4n) is 2.33. The maximum Gasteiger partial charge on any atom is 0.272 e. The molecule has 1 saturated heterocycles. The Morgan fingerprint density at radius 2 is 2.15 bits per heavy atom. The number of aromatic nitrogens is 1. The summed E-state index contributed by atoms with van der Waals surface area (Å²) in [6.45, 7) is 4.79. The maximum atomic E-state index is 12.3. The van der Waals surface area contributed by atoms with Crippen molar-refractivity contribution in [2.75, 3.05) is 26.2 Å². The molecule has 5 nitrogen and oxygen atoms in total. The van der Waals surface area contributed by atoms with Crippen molar-refractivity contribution in [1.82, 2.24) is 14.8 Å². The predicted octanol–water partition coefficient (Wildman–Crippen LogP) is 1.90. The van der Waals surface area contributed by atoms with E-state index < -0.39 is 0 Å². The second-order valence-electron chi connectivity index (χ2n) is 4.74. The van der Waals surface area contributed by atoms with Crippen LogP contribution in [0.15, 0.2) is 22.8 Å². The monoisotopic (exact) mass is 336 g/mol. The Hall–Kier alpha value is -1.45. The number of carbonyl (C=O) groups excluding carboxylic acids is 1. The number of piperazine rings is 1. The summed E-state index contributed by atoms with van der Waals surface area (Å²) in [6.07, 6.45) is 2.45. The van der Waals surface area contributed by atoms with Gasteiger partial charge in [-0.2, -0.15) is 5.26 Å². The van der Waals surface area contributed by atoms with Gasteiger partial charge in [0.1, 0.15) is 5.69 Å². The van der Waals surface area contributed by atoms with E-state index in [1.165, 1.54) is 0 Å². The number of carbonyl (C=O) groups is 1. The highest BCUT2D eigenvalue weighted by molar-refractivity contribution is 9.10. The lowest BCUT2D eigenvalue weighted by Gasteiger charge is -2.36. The molecule has 0 radical (unpaired) electrons. The molecule has 1 aliphatic heterocycles. The topological polar surface area (TPSA) is 60.2 Å². The van der Waals surface area contributed by atoms with Gasteiger partial charge in [-0.15, -0.1) is 0 Å². The second kappa shape index (κ2) is 6.82. The highest BCUT2D eigenvalue weighted by Crippen LogP contribution is 2.13. The Morgan fingerprint density at radius 1 is 1.45 bits per heavy atom. The Kier molecular flexibility index (Phi) is 5.10. The van der Waals surface area contributed by atoms with Gasteiger partial charge in [-0.1, -0.05) is 6.92 Å². The van der Waals surface area contributed by atoms with E-state index in [9.17, 15) is 4.79 Å². The summed E-state index contributed by atoms with van der Waals surface area (Å²) in [5.74, 6) is -0.0397. The maximum absolute atomic E-state index is 12.3. The van der Waals surface area contributed by atoms with Crippen LogP contribution in [-0.2, 0) is 0 Å². The molecule has 1 aromatic heterocycles. The molecule has 0 bridgehead atoms.